The lowest BCUT2D eigenvalue weighted by molar-refractivity contribution is 1.25. The highest BCUT2D eigenvalue weighted by Crippen LogP contribution is 2.39. The molecule has 5 rings (SSSR count). The molecule has 0 radical (unpaired) electrons. The molecule has 0 fully saturated rings. The molecule has 0 nitrogen and oxygen atoms in total. The molecular formula is C35H32. The van der Waals surface area contributed by atoms with Crippen molar-refractivity contribution in [2.75, 3.05) is 0 Å². The maximum atomic E-state index is 4.04. The lowest BCUT2D eigenvalue weighted by Gasteiger charge is -2.15. The average Bonchev–Trinajstić information content (AvgIpc) is 3.22. The molecule has 0 saturated carbocycles. The van der Waals surface area contributed by atoms with Gasteiger partial charge in [0.05, 0.1) is 0 Å². The van der Waals surface area contributed by atoms with Crippen LogP contribution in [0.3, 0.4) is 0 Å². The number of hydrogen-bond acceptors (Lipinski definition) is 0. The quantitative estimate of drug-likeness (QED) is 0.283. The zero-order valence-corrected chi connectivity index (χ0v) is 21.2. The van der Waals surface area contributed by atoms with Crippen LogP contribution < -0.4 is 0 Å². The van der Waals surface area contributed by atoms with Crippen molar-refractivity contribution in [3.05, 3.63) is 137 Å². The van der Waals surface area contributed by atoms with Crippen molar-refractivity contribution >= 4 is 5.57 Å². The van der Waals surface area contributed by atoms with Crippen LogP contribution in [-0.2, 0) is 6.42 Å². The fourth-order valence-electron chi connectivity index (χ4n) is 5.25. The van der Waals surface area contributed by atoms with Crippen molar-refractivity contribution in [1.29, 1.82) is 0 Å². The van der Waals surface area contributed by atoms with Crippen molar-refractivity contribution in [2.45, 2.75) is 34.1 Å². The van der Waals surface area contributed by atoms with E-state index < -0.39 is 0 Å². The highest BCUT2D eigenvalue weighted by atomic mass is 14.2. The lowest BCUT2D eigenvalue weighted by atomic mass is 9.89. The molecule has 1 aliphatic carbocycles. The average molecular weight is 453 g/mol. The Morgan fingerprint density at radius 3 is 1.86 bits per heavy atom. The second-order valence-electron chi connectivity index (χ2n) is 9.57. The van der Waals surface area contributed by atoms with Crippen LogP contribution in [0.5, 0.6) is 0 Å². The monoisotopic (exact) mass is 452 g/mol. The highest BCUT2D eigenvalue weighted by molar-refractivity contribution is 5.88. The molecule has 0 aromatic heterocycles. The van der Waals surface area contributed by atoms with E-state index in [9.17, 15) is 0 Å². The van der Waals surface area contributed by atoms with Crippen LogP contribution in [0.25, 0.3) is 39.0 Å². The van der Waals surface area contributed by atoms with E-state index in [1.54, 1.807) is 0 Å². The number of allylic oxidation sites excluding steroid dienone is 5. The molecule has 0 heteroatoms. The summed E-state index contributed by atoms with van der Waals surface area (Å²) in [6.07, 6.45) is 7.30. The molecule has 0 N–H and O–H groups in total. The molecule has 0 aliphatic heterocycles. The lowest BCUT2D eigenvalue weighted by Crippen LogP contribution is -1.92. The molecule has 0 atom stereocenters. The Morgan fingerprint density at radius 1 is 0.629 bits per heavy atom. The van der Waals surface area contributed by atoms with Gasteiger partial charge in [-0.3, -0.25) is 0 Å². The summed E-state index contributed by atoms with van der Waals surface area (Å²) in [5.41, 5.74) is 16.9. The van der Waals surface area contributed by atoms with Gasteiger partial charge in [0.15, 0.2) is 0 Å². The first-order chi connectivity index (χ1) is 17.0. The Labute approximate surface area is 210 Å². The molecule has 0 heterocycles. The fraction of sp³-hybridized carbons (Fsp3) is 0.143. The van der Waals surface area contributed by atoms with E-state index in [4.69, 9.17) is 0 Å². The maximum absolute atomic E-state index is 4.04. The summed E-state index contributed by atoms with van der Waals surface area (Å²) in [6.45, 7) is 12.7. The Morgan fingerprint density at radius 2 is 1.20 bits per heavy atom. The second-order valence-corrected chi connectivity index (χ2v) is 9.57. The molecule has 0 bridgehead atoms. The van der Waals surface area contributed by atoms with Crippen LogP contribution in [0, 0.1) is 20.8 Å². The van der Waals surface area contributed by atoms with Crippen LogP contribution in [-0.4, -0.2) is 0 Å². The standard InChI is InChI=1S/C35H32/c1-6-10-32-26(7-2)19-29-18-17-28(21-35(29)32)27-15-13-24(4)33(20-27)34-22-30(16-14-25(34)5)31-12-9-8-11-23(31)3/h6-18,20-22H,2,19H2,1,3-5H3/b10-6-. The summed E-state index contributed by atoms with van der Waals surface area (Å²) in [4.78, 5) is 0. The summed E-state index contributed by atoms with van der Waals surface area (Å²) < 4.78 is 0. The molecule has 0 saturated heterocycles. The van der Waals surface area contributed by atoms with E-state index in [1.807, 2.05) is 6.08 Å². The molecular weight excluding hydrogens is 420 g/mol. The first kappa shape index (κ1) is 22.9. The minimum atomic E-state index is 0.961. The van der Waals surface area contributed by atoms with E-state index in [0.717, 1.165) is 6.42 Å². The summed E-state index contributed by atoms with van der Waals surface area (Å²) in [7, 11) is 0. The second kappa shape index (κ2) is 9.39. The highest BCUT2D eigenvalue weighted by Gasteiger charge is 2.19. The van der Waals surface area contributed by atoms with E-state index in [1.165, 1.54) is 72.3 Å². The summed E-state index contributed by atoms with van der Waals surface area (Å²) in [5, 5.41) is 0. The SMILES string of the molecule is C=CC1=C(/C=C\C)c2cc(-c3ccc(C)c(-c4cc(-c5ccccc5C)ccc4C)c3)ccc2C1. The molecule has 172 valence electrons. The molecule has 1 aliphatic rings. The van der Waals surface area contributed by atoms with Crippen molar-refractivity contribution in [3.8, 4) is 33.4 Å². The zero-order chi connectivity index (χ0) is 24.5. The third-order valence-electron chi connectivity index (χ3n) is 7.26. The van der Waals surface area contributed by atoms with Gasteiger partial charge in [0.25, 0.3) is 0 Å². The van der Waals surface area contributed by atoms with Gasteiger partial charge in [-0.1, -0.05) is 85.5 Å². The van der Waals surface area contributed by atoms with Crippen LogP contribution in [0.2, 0.25) is 0 Å². The number of aryl methyl sites for hydroxylation is 3. The minimum absolute atomic E-state index is 0.961. The van der Waals surface area contributed by atoms with Gasteiger partial charge < -0.3 is 0 Å². The Balaban J connectivity index is 1.61. The Hall–Kier alpha value is -3.90. The van der Waals surface area contributed by atoms with E-state index in [0.29, 0.717) is 0 Å². The third kappa shape index (κ3) is 4.21. The van der Waals surface area contributed by atoms with E-state index in [-0.39, 0.29) is 0 Å². The first-order valence-electron chi connectivity index (χ1n) is 12.4. The predicted octanol–water partition coefficient (Wildman–Crippen LogP) is 9.68. The van der Waals surface area contributed by atoms with Gasteiger partial charge in [0, 0.05) is 0 Å². The Kier molecular flexibility index (Phi) is 6.14. The minimum Gasteiger partial charge on any atom is -0.0988 e. The molecule has 4 aromatic rings. The van der Waals surface area contributed by atoms with Crippen LogP contribution in [0.15, 0.2) is 109 Å². The molecule has 35 heavy (non-hydrogen) atoms. The van der Waals surface area contributed by atoms with Gasteiger partial charge >= 0.3 is 0 Å². The van der Waals surface area contributed by atoms with E-state index in [2.05, 4.69) is 125 Å². The molecule has 0 unspecified atom stereocenters. The largest absolute Gasteiger partial charge is 0.0988 e. The summed E-state index contributed by atoms with van der Waals surface area (Å²) in [6, 6.07) is 29.3. The van der Waals surface area contributed by atoms with Gasteiger partial charge in [-0.2, -0.15) is 0 Å². The first-order valence-corrected chi connectivity index (χ1v) is 12.4. The van der Waals surface area contributed by atoms with Gasteiger partial charge in [0.1, 0.15) is 0 Å². The normalized spacial score (nSPS) is 12.9. The maximum Gasteiger partial charge on any atom is -0.00137 e. The Bertz CT molecular complexity index is 1510. The van der Waals surface area contributed by atoms with Crippen LogP contribution in [0.1, 0.15) is 34.7 Å². The van der Waals surface area contributed by atoms with Crippen LogP contribution in [0.4, 0.5) is 0 Å². The number of fused-ring (bicyclic) bond motifs is 1. The number of benzene rings is 4. The van der Waals surface area contributed by atoms with Gasteiger partial charge in [-0.25, -0.2) is 0 Å². The summed E-state index contributed by atoms with van der Waals surface area (Å²) >= 11 is 0. The predicted molar refractivity (Wildman–Crippen MR) is 153 cm³/mol. The molecule has 0 spiro atoms. The van der Waals surface area contributed by atoms with Gasteiger partial charge in [-0.05, 0) is 125 Å². The number of rotatable bonds is 5. The topological polar surface area (TPSA) is 0 Å². The zero-order valence-electron chi connectivity index (χ0n) is 21.2. The van der Waals surface area contributed by atoms with Crippen molar-refractivity contribution in [3.63, 3.8) is 0 Å². The summed E-state index contributed by atoms with van der Waals surface area (Å²) in [5.74, 6) is 0. The van der Waals surface area contributed by atoms with Crippen molar-refractivity contribution < 1.29 is 0 Å². The molecule has 0 amide bonds. The van der Waals surface area contributed by atoms with E-state index >= 15 is 0 Å². The molecule has 4 aromatic carbocycles. The van der Waals surface area contributed by atoms with Gasteiger partial charge in [-0.15, -0.1) is 0 Å². The van der Waals surface area contributed by atoms with Crippen molar-refractivity contribution in [2.24, 2.45) is 0 Å². The number of hydrogen-bond donors (Lipinski definition) is 0. The third-order valence-corrected chi connectivity index (χ3v) is 7.26. The van der Waals surface area contributed by atoms with Crippen molar-refractivity contribution in [1.82, 2.24) is 0 Å². The fourth-order valence-corrected chi connectivity index (χ4v) is 5.25. The smallest absolute Gasteiger partial charge is 0.00137 e. The van der Waals surface area contributed by atoms with Crippen LogP contribution >= 0.6 is 0 Å². The van der Waals surface area contributed by atoms with Gasteiger partial charge in [0.2, 0.25) is 0 Å².